The largest absolute Gasteiger partial charge is 0.493 e. The average molecular weight is 432 g/mol. The van der Waals surface area contributed by atoms with E-state index in [-0.39, 0.29) is 5.91 Å². The molecule has 0 fully saturated rings. The van der Waals surface area contributed by atoms with E-state index in [4.69, 9.17) is 9.47 Å². The van der Waals surface area contributed by atoms with Crippen LogP contribution in [0, 0.1) is 0 Å². The Hall–Kier alpha value is -2.94. The highest BCUT2D eigenvalue weighted by molar-refractivity contribution is 9.10. The van der Waals surface area contributed by atoms with Crippen LogP contribution in [0.5, 0.6) is 11.5 Å². The van der Waals surface area contributed by atoms with Crippen LogP contribution in [0.25, 0.3) is 5.69 Å². The lowest BCUT2D eigenvalue weighted by atomic mass is 10.1. The summed E-state index contributed by atoms with van der Waals surface area (Å²) in [6.07, 6.45) is 2.37. The lowest BCUT2D eigenvalue weighted by Gasteiger charge is -2.14. The first-order valence-corrected chi connectivity index (χ1v) is 9.06. The summed E-state index contributed by atoms with van der Waals surface area (Å²) in [5.74, 6) is 0.824. The maximum Gasteiger partial charge on any atom is 0.255 e. The smallest absolute Gasteiger partial charge is 0.255 e. The van der Waals surface area contributed by atoms with Crippen molar-refractivity contribution in [2.45, 2.75) is 13.3 Å². The summed E-state index contributed by atoms with van der Waals surface area (Å²) in [5, 5.41) is 13.9. The van der Waals surface area contributed by atoms with Crippen molar-refractivity contribution in [2.75, 3.05) is 19.0 Å². The number of ether oxygens (including phenoxy) is 2. The van der Waals surface area contributed by atoms with Gasteiger partial charge in [-0.25, -0.2) is 4.68 Å². The van der Waals surface area contributed by atoms with Gasteiger partial charge in [-0.05, 0) is 69.2 Å². The summed E-state index contributed by atoms with van der Waals surface area (Å²) in [4.78, 5) is 12.6. The Kier molecular flexibility index (Phi) is 6.02. The minimum absolute atomic E-state index is 0.258. The molecule has 140 valence electrons. The number of nitrogens with one attached hydrogen (secondary N) is 1. The third-order valence-corrected chi connectivity index (χ3v) is 4.27. The Morgan fingerprint density at radius 1 is 1.26 bits per heavy atom. The quantitative estimate of drug-likeness (QED) is 0.615. The maximum absolute atomic E-state index is 12.6. The summed E-state index contributed by atoms with van der Waals surface area (Å²) in [7, 11) is 1.54. The molecule has 1 heterocycles. The fourth-order valence-electron chi connectivity index (χ4n) is 2.38. The van der Waals surface area contributed by atoms with Crippen molar-refractivity contribution in [3.05, 3.63) is 52.8 Å². The molecule has 0 radical (unpaired) electrons. The third-order valence-electron chi connectivity index (χ3n) is 3.68. The average Bonchev–Trinajstić information content (AvgIpc) is 3.21. The molecule has 8 nitrogen and oxygen atoms in total. The molecule has 0 aliphatic heterocycles. The van der Waals surface area contributed by atoms with Gasteiger partial charge in [0.2, 0.25) is 0 Å². The first-order valence-electron chi connectivity index (χ1n) is 8.27. The molecule has 3 aromatic rings. The zero-order valence-electron chi connectivity index (χ0n) is 14.8. The standard InChI is InChI=1S/C18H18BrN5O3/c1-3-8-27-17-15(19)9-12(10-16(17)26-2)18(25)21-13-4-6-14(7-5-13)24-11-20-22-23-24/h4-7,9-11H,3,8H2,1-2H3,(H,21,25). The van der Waals surface area contributed by atoms with E-state index in [9.17, 15) is 4.79 Å². The Labute approximate surface area is 164 Å². The van der Waals surface area contributed by atoms with Gasteiger partial charge in [0.15, 0.2) is 11.5 Å². The van der Waals surface area contributed by atoms with E-state index in [1.165, 1.54) is 11.0 Å². The molecule has 1 aromatic heterocycles. The van der Waals surface area contributed by atoms with E-state index in [1.54, 1.807) is 31.4 Å². The van der Waals surface area contributed by atoms with Gasteiger partial charge in [0.25, 0.3) is 5.91 Å². The van der Waals surface area contributed by atoms with Gasteiger partial charge in [-0.1, -0.05) is 6.92 Å². The Morgan fingerprint density at radius 2 is 2.04 bits per heavy atom. The molecule has 27 heavy (non-hydrogen) atoms. The Morgan fingerprint density at radius 3 is 2.67 bits per heavy atom. The van der Waals surface area contributed by atoms with Gasteiger partial charge in [0.1, 0.15) is 6.33 Å². The van der Waals surface area contributed by atoms with E-state index < -0.39 is 0 Å². The third kappa shape index (κ3) is 4.43. The monoisotopic (exact) mass is 431 g/mol. The number of halogens is 1. The molecule has 0 spiro atoms. The summed E-state index contributed by atoms with van der Waals surface area (Å²) in [5.41, 5.74) is 1.89. The Bertz CT molecular complexity index is 914. The number of aromatic nitrogens is 4. The number of benzene rings is 2. The van der Waals surface area contributed by atoms with Gasteiger partial charge in [0, 0.05) is 11.3 Å². The number of nitrogens with zero attached hydrogens (tertiary/aromatic N) is 4. The first-order chi connectivity index (χ1) is 13.1. The summed E-state index contributed by atoms with van der Waals surface area (Å²) in [6.45, 7) is 2.58. The minimum atomic E-state index is -0.258. The van der Waals surface area contributed by atoms with Crippen LogP contribution in [0.15, 0.2) is 47.2 Å². The second kappa shape index (κ2) is 8.63. The maximum atomic E-state index is 12.6. The second-order valence-corrected chi connectivity index (χ2v) is 6.45. The van der Waals surface area contributed by atoms with E-state index in [2.05, 4.69) is 36.8 Å². The van der Waals surface area contributed by atoms with Crippen molar-refractivity contribution < 1.29 is 14.3 Å². The number of carbonyl (C=O) groups excluding carboxylic acids is 1. The van der Waals surface area contributed by atoms with Gasteiger partial charge in [-0.15, -0.1) is 5.10 Å². The number of amides is 1. The lowest BCUT2D eigenvalue weighted by Crippen LogP contribution is -2.12. The van der Waals surface area contributed by atoms with Crippen LogP contribution < -0.4 is 14.8 Å². The molecule has 0 aliphatic rings. The SMILES string of the molecule is CCCOc1c(Br)cc(C(=O)Nc2ccc(-n3cnnn3)cc2)cc1OC. The van der Waals surface area contributed by atoms with Crippen LogP contribution in [0.2, 0.25) is 0 Å². The Balaban J connectivity index is 1.76. The minimum Gasteiger partial charge on any atom is -0.493 e. The molecule has 1 amide bonds. The molecule has 9 heteroatoms. The highest BCUT2D eigenvalue weighted by atomic mass is 79.9. The van der Waals surface area contributed by atoms with Crippen LogP contribution in [0.3, 0.4) is 0 Å². The van der Waals surface area contributed by atoms with Gasteiger partial charge in [-0.3, -0.25) is 4.79 Å². The van der Waals surface area contributed by atoms with Crippen molar-refractivity contribution >= 4 is 27.5 Å². The van der Waals surface area contributed by atoms with E-state index >= 15 is 0 Å². The van der Waals surface area contributed by atoms with Crippen molar-refractivity contribution in [3.8, 4) is 17.2 Å². The van der Waals surface area contributed by atoms with Crippen molar-refractivity contribution in [3.63, 3.8) is 0 Å². The molecule has 0 aliphatic carbocycles. The van der Waals surface area contributed by atoms with Crippen LogP contribution in [0.1, 0.15) is 23.7 Å². The molecule has 1 N–H and O–H groups in total. The van der Waals surface area contributed by atoms with E-state index in [0.29, 0.717) is 33.8 Å². The van der Waals surface area contributed by atoms with Crippen molar-refractivity contribution in [1.29, 1.82) is 0 Å². The van der Waals surface area contributed by atoms with Gasteiger partial charge < -0.3 is 14.8 Å². The van der Waals surface area contributed by atoms with E-state index in [1.807, 2.05) is 19.1 Å². The fraction of sp³-hybridized carbons (Fsp3) is 0.222. The van der Waals surface area contributed by atoms with Gasteiger partial charge >= 0.3 is 0 Å². The van der Waals surface area contributed by atoms with Gasteiger partial charge in [0.05, 0.1) is 23.9 Å². The number of methoxy groups -OCH3 is 1. The summed E-state index contributed by atoms with van der Waals surface area (Å²) < 4.78 is 13.2. The summed E-state index contributed by atoms with van der Waals surface area (Å²) in [6, 6.07) is 10.5. The van der Waals surface area contributed by atoms with Crippen LogP contribution in [-0.4, -0.2) is 39.8 Å². The number of anilines is 1. The van der Waals surface area contributed by atoms with Gasteiger partial charge in [-0.2, -0.15) is 0 Å². The van der Waals surface area contributed by atoms with Crippen LogP contribution in [-0.2, 0) is 0 Å². The lowest BCUT2D eigenvalue weighted by molar-refractivity contribution is 0.102. The van der Waals surface area contributed by atoms with Crippen molar-refractivity contribution in [1.82, 2.24) is 20.2 Å². The molecular formula is C18H18BrN5O3. The van der Waals surface area contributed by atoms with Crippen LogP contribution >= 0.6 is 15.9 Å². The normalized spacial score (nSPS) is 10.5. The number of hydrogen-bond donors (Lipinski definition) is 1. The highest BCUT2D eigenvalue weighted by Crippen LogP contribution is 2.37. The summed E-state index contributed by atoms with van der Waals surface area (Å²) >= 11 is 3.45. The number of hydrogen-bond acceptors (Lipinski definition) is 6. The zero-order chi connectivity index (χ0) is 19.2. The predicted octanol–water partition coefficient (Wildman–Crippen LogP) is 3.47. The molecule has 2 aromatic carbocycles. The molecular weight excluding hydrogens is 414 g/mol. The molecule has 3 rings (SSSR count). The van der Waals surface area contributed by atoms with Crippen molar-refractivity contribution in [2.24, 2.45) is 0 Å². The molecule has 0 bridgehead atoms. The highest BCUT2D eigenvalue weighted by Gasteiger charge is 2.16. The zero-order valence-corrected chi connectivity index (χ0v) is 16.4. The second-order valence-electron chi connectivity index (χ2n) is 5.59. The van der Waals surface area contributed by atoms with Crippen LogP contribution in [0.4, 0.5) is 5.69 Å². The molecule has 0 unspecified atom stereocenters. The topological polar surface area (TPSA) is 91.2 Å². The number of tetrazole rings is 1. The predicted molar refractivity (Wildman–Crippen MR) is 104 cm³/mol. The molecule has 0 saturated carbocycles. The fourth-order valence-corrected chi connectivity index (χ4v) is 2.93. The van der Waals surface area contributed by atoms with E-state index in [0.717, 1.165) is 12.1 Å². The number of carbonyl (C=O) groups is 1. The first kappa shape index (κ1) is 18.8. The molecule has 0 saturated heterocycles. The number of rotatable bonds is 7. The molecule has 0 atom stereocenters.